The monoisotopic (exact) mass is 427 g/mol. The van der Waals surface area contributed by atoms with E-state index < -0.39 is 0 Å². The maximum atomic E-state index is 13.4. The van der Waals surface area contributed by atoms with Crippen LogP contribution >= 0.6 is 0 Å². The minimum atomic E-state index is -0.166. The van der Waals surface area contributed by atoms with Gasteiger partial charge in [0.25, 0.3) is 11.8 Å². The van der Waals surface area contributed by atoms with Crippen LogP contribution in [0.15, 0.2) is 60.7 Å². The lowest BCUT2D eigenvalue weighted by Crippen LogP contribution is -2.34. The number of anilines is 2. The van der Waals surface area contributed by atoms with Crippen LogP contribution in [-0.4, -0.2) is 42.9 Å². The molecule has 3 aromatic carbocycles. The van der Waals surface area contributed by atoms with Crippen molar-refractivity contribution < 1.29 is 9.59 Å². The highest BCUT2D eigenvalue weighted by Crippen LogP contribution is 2.29. The van der Waals surface area contributed by atoms with Gasteiger partial charge in [0, 0.05) is 43.1 Å². The van der Waals surface area contributed by atoms with E-state index in [1.165, 1.54) is 6.42 Å². The fourth-order valence-corrected chi connectivity index (χ4v) is 4.82. The number of hydrogen-bond donors (Lipinski definition) is 1. The van der Waals surface area contributed by atoms with Crippen molar-refractivity contribution in [2.45, 2.75) is 32.1 Å². The topological polar surface area (TPSA) is 52.7 Å². The third-order valence-corrected chi connectivity index (χ3v) is 6.59. The number of piperidine rings is 1. The van der Waals surface area contributed by atoms with Gasteiger partial charge in [-0.2, -0.15) is 0 Å². The molecule has 0 spiro atoms. The zero-order valence-corrected chi connectivity index (χ0v) is 18.3. The van der Waals surface area contributed by atoms with Gasteiger partial charge in [-0.25, -0.2) is 0 Å². The van der Waals surface area contributed by atoms with Crippen LogP contribution in [-0.2, 0) is 0 Å². The van der Waals surface area contributed by atoms with Gasteiger partial charge < -0.3 is 15.1 Å². The van der Waals surface area contributed by atoms with E-state index in [4.69, 9.17) is 0 Å². The van der Waals surface area contributed by atoms with Crippen LogP contribution in [0.25, 0.3) is 10.8 Å². The molecule has 0 aromatic heterocycles. The molecule has 5 rings (SSSR count). The Morgan fingerprint density at radius 2 is 1.44 bits per heavy atom. The predicted octanol–water partition coefficient (Wildman–Crippen LogP) is 5.32. The number of nitrogens with zero attached hydrogens (tertiary/aromatic N) is 2. The van der Waals surface area contributed by atoms with Crippen LogP contribution < -0.4 is 10.2 Å². The molecule has 1 N–H and O–H groups in total. The molecule has 2 saturated heterocycles. The van der Waals surface area contributed by atoms with Crippen molar-refractivity contribution in [2.24, 2.45) is 0 Å². The van der Waals surface area contributed by atoms with Gasteiger partial charge in [0.1, 0.15) is 0 Å². The van der Waals surface area contributed by atoms with Gasteiger partial charge in [0.05, 0.1) is 5.56 Å². The Bertz CT molecular complexity index is 1140. The van der Waals surface area contributed by atoms with Gasteiger partial charge in [0.15, 0.2) is 0 Å². The second-order valence-electron chi connectivity index (χ2n) is 8.79. The van der Waals surface area contributed by atoms with Gasteiger partial charge in [-0.05, 0) is 73.2 Å². The minimum absolute atomic E-state index is 0.0740. The maximum absolute atomic E-state index is 13.4. The first-order chi connectivity index (χ1) is 15.7. The summed E-state index contributed by atoms with van der Waals surface area (Å²) in [5.74, 6) is -0.0917. The van der Waals surface area contributed by atoms with Crippen molar-refractivity contribution in [3.63, 3.8) is 0 Å². The number of rotatable bonds is 4. The lowest BCUT2D eigenvalue weighted by molar-refractivity contribution is 0.0793. The Balaban J connectivity index is 1.43. The summed E-state index contributed by atoms with van der Waals surface area (Å²) >= 11 is 0. The van der Waals surface area contributed by atoms with E-state index in [1.807, 2.05) is 65.6 Å². The molecular formula is C27H29N3O2. The summed E-state index contributed by atoms with van der Waals surface area (Å²) in [6.45, 7) is 3.57. The van der Waals surface area contributed by atoms with Gasteiger partial charge in [-0.1, -0.05) is 30.3 Å². The fourth-order valence-electron chi connectivity index (χ4n) is 4.82. The zero-order chi connectivity index (χ0) is 21.9. The van der Waals surface area contributed by atoms with Crippen molar-refractivity contribution in [2.75, 3.05) is 36.4 Å². The largest absolute Gasteiger partial charge is 0.371 e. The Morgan fingerprint density at radius 3 is 2.22 bits per heavy atom. The smallest absolute Gasteiger partial charge is 0.256 e. The quantitative estimate of drug-likeness (QED) is 0.613. The molecule has 5 heteroatoms. The van der Waals surface area contributed by atoms with Gasteiger partial charge in [-0.15, -0.1) is 0 Å². The summed E-state index contributed by atoms with van der Waals surface area (Å²) in [6.07, 6.45) is 5.66. The van der Waals surface area contributed by atoms with Crippen molar-refractivity contribution in [3.8, 4) is 0 Å². The van der Waals surface area contributed by atoms with Crippen LogP contribution in [0, 0.1) is 0 Å². The molecule has 32 heavy (non-hydrogen) atoms. The SMILES string of the molecule is O=C(Nc1ccc(N2CCCCC2)c(C(=O)N2CCCC2)c1)c1ccc2ccccc2c1. The highest BCUT2D eigenvalue weighted by Gasteiger charge is 2.25. The first-order valence-corrected chi connectivity index (χ1v) is 11.7. The number of carbonyl (C=O) groups excluding carboxylic acids is 2. The standard InChI is InChI=1S/C27H29N3O2/c31-26(22-11-10-20-8-2-3-9-21(20)18-22)28-23-12-13-25(29-14-4-1-5-15-29)24(19-23)27(32)30-16-6-7-17-30/h2-3,8-13,18-19H,1,4-7,14-17H2,(H,28,31). The van der Waals surface area contributed by atoms with Crippen molar-refractivity contribution in [1.29, 1.82) is 0 Å². The molecule has 0 unspecified atom stereocenters. The number of likely N-dealkylation sites (tertiary alicyclic amines) is 1. The molecule has 0 atom stereocenters. The first kappa shape index (κ1) is 20.6. The van der Waals surface area contributed by atoms with Gasteiger partial charge >= 0.3 is 0 Å². The number of benzene rings is 3. The molecular weight excluding hydrogens is 398 g/mol. The Labute approximate surface area is 189 Å². The Kier molecular flexibility index (Phi) is 5.80. The molecule has 164 valence electrons. The van der Waals surface area contributed by atoms with E-state index in [2.05, 4.69) is 10.2 Å². The highest BCUT2D eigenvalue weighted by atomic mass is 16.2. The summed E-state index contributed by atoms with van der Waals surface area (Å²) < 4.78 is 0. The lowest BCUT2D eigenvalue weighted by Gasteiger charge is -2.31. The van der Waals surface area contributed by atoms with E-state index in [9.17, 15) is 9.59 Å². The Hall–Kier alpha value is -3.34. The van der Waals surface area contributed by atoms with Crippen LogP contribution in [0.5, 0.6) is 0 Å². The summed E-state index contributed by atoms with van der Waals surface area (Å²) in [6, 6.07) is 19.5. The van der Waals surface area contributed by atoms with E-state index in [0.717, 1.165) is 68.3 Å². The summed E-state index contributed by atoms with van der Waals surface area (Å²) in [4.78, 5) is 30.6. The molecule has 3 aromatic rings. The van der Waals surface area contributed by atoms with E-state index >= 15 is 0 Å². The van der Waals surface area contributed by atoms with Crippen LogP contribution in [0.4, 0.5) is 11.4 Å². The molecule has 2 heterocycles. The average molecular weight is 428 g/mol. The van der Waals surface area contributed by atoms with Gasteiger partial charge in [0.2, 0.25) is 0 Å². The maximum Gasteiger partial charge on any atom is 0.256 e. The second-order valence-corrected chi connectivity index (χ2v) is 8.79. The van der Waals surface area contributed by atoms with Crippen molar-refractivity contribution in [3.05, 3.63) is 71.8 Å². The van der Waals surface area contributed by atoms with Crippen LogP contribution in [0.1, 0.15) is 52.8 Å². The lowest BCUT2D eigenvalue weighted by atomic mass is 10.0. The third-order valence-electron chi connectivity index (χ3n) is 6.59. The molecule has 2 aliphatic heterocycles. The van der Waals surface area contributed by atoms with Crippen LogP contribution in [0.2, 0.25) is 0 Å². The first-order valence-electron chi connectivity index (χ1n) is 11.7. The van der Waals surface area contributed by atoms with Crippen molar-refractivity contribution >= 4 is 34.0 Å². The molecule has 2 aliphatic rings. The average Bonchev–Trinajstić information content (AvgIpc) is 3.39. The number of fused-ring (bicyclic) bond motifs is 1. The summed E-state index contributed by atoms with van der Waals surface area (Å²) in [7, 11) is 0. The molecule has 0 bridgehead atoms. The normalized spacial score (nSPS) is 16.4. The molecule has 0 radical (unpaired) electrons. The Morgan fingerprint density at radius 1 is 0.719 bits per heavy atom. The second kappa shape index (κ2) is 9.03. The number of nitrogens with one attached hydrogen (secondary N) is 1. The van der Waals surface area contributed by atoms with E-state index in [1.54, 1.807) is 0 Å². The number of carbonyl (C=O) groups is 2. The molecule has 0 aliphatic carbocycles. The minimum Gasteiger partial charge on any atom is -0.371 e. The molecule has 2 amide bonds. The zero-order valence-electron chi connectivity index (χ0n) is 18.3. The summed E-state index contributed by atoms with van der Waals surface area (Å²) in [5.41, 5.74) is 2.96. The number of hydrogen-bond acceptors (Lipinski definition) is 3. The fraction of sp³-hybridized carbons (Fsp3) is 0.333. The summed E-state index contributed by atoms with van der Waals surface area (Å²) in [5, 5.41) is 5.15. The predicted molar refractivity (Wildman–Crippen MR) is 130 cm³/mol. The van der Waals surface area contributed by atoms with E-state index in [-0.39, 0.29) is 11.8 Å². The van der Waals surface area contributed by atoms with E-state index in [0.29, 0.717) is 16.8 Å². The van der Waals surface area contributed by atoms with Crippen LogP contribution in [0.3, 0.4) is 0 Å². The highest BCUT2D eigenvalue weighted by molar-refractivity contribution is 6.08. The van der Waals surface area contributed by atoms with Gasteiger partial charge in [-0.3, -0.25) is 9.59 Å². The molecule has 5 nitrogen and oxygen atoms in total. The van der Waals surface area contributed by atoms with Crippen molar-refractivity contribution in [1.82, 2.24) is 4.90 Å². The third kappa shape index (κ3) is 4.20. The molecule has 2 fully saturated rings. The number of amides is 2. The molecule has 0 saturated carbocycles.